The number of nitrogens with zero attached hydrogens (tertiary/aromatic N) is 3. The number of hydrogen-bond acceptors (Lipinski definition) is 5. The summed E-state index contributed by atoms with van der Waals surface area (Å²) in [5.74, 6) is -0.0313. The fraction of sp³-hybridized carbons (Fsp3) is 0.261. The Labute approximate surface area is 175 Å². The van der Waals surface area contributed by atoms with E-state index in [0.29, 0.717) is 18.7 Å². The molecule has 1 N–H and O–H groups in total. The largest absolute Gasteiger partial charge is 0.342 e. The minimum Gasteiger partial charge on any atom is -0.342 e. The highest BCUT2D eigenvalue weighted by atomic mass is 32.1. The normalized spacial score (nSPS) is 11.8. The molecule has 1 atom stereocenters. The third-order valence-corrected chi connectivity index (χ3v) is 5.37. The van der Waals surface area contributed by atoms with Gasteiger partial charge in [-0.25, -0.2) is 4.98 Å². The number of thiazole rings is 1. The summed E-state index contributed by atoms with van der Waals surface area (Å²) in [6, 6.07) is 19.3. The van der Waals surface area contributed by atoms with Gasteiger partial charge in [0.25, 0.3) is 0 Å². The molecule has 0 spiro atoms. The number of benzene rings is 2. The quantitative estimate of drug-likeness (QED) is 0.582. The zero-order valence-electron chi connectivity index (χ0n) is 16.4. The summed E-state index contributed by atoms with van der Waals surface area (Å²) in [4.78, 5) is 19.4. The van der Waals surface area contributed by atoms with Crippen molar-refractivity contribution in [3.63, 3.8) is 0 Å². The van der Waals surface area contributed by atoms with Crippen molar-refractivity contribution in [3.8, 4) is 6.07 Å². The van der Waals surface area contributed by atoms with E-state index in [-0.39, 0.29) is 11.9 Å². The van der Waals surface area contributed by atoms with Crippen LogP contribution in [0.4, 0.5) is 0 Å². The number of rotatable bonds is 9. The molecule has 3 aromatic rings. The highest BCUT2D eigenvalue weighted by Gasteiger charge is 2.20. The second-order valence-corrected chi connectivity index (χ2v) is 7.73. The van der Waals surface area contributed by atoms with E-state index in [4.69, 9.17) is 5.26 Å². The van der Waals surface area contributed by atoms with E-state index in [1.54, 1.807) is 6.20 Å². The first kappa shape index (κ1) is 20.7. The molecule has 3 rings (SSSR count). The molecule has 1 aromatic heterocycles. The Morgan fingerprint density at radius 2 is 1.97 bits per heavy atom. The maximum Gasteiger partial charge on any atom is 0.235 e. The van der Waals surface area contributed by atoms with Crippen LogP contribution in [-0.4, -0.2) is 28.9 Å². The van der Waals surface area contributed by atoms with Gasteiger partial charge in [-0.2, -0.15) is 5.26 Å². The third kappa shape index (κ3) is 5.98. The molecule has 0 aliphatic carbocycles. The standard InChI is InChI=1S/C23H24N4OS/c1-2-13-27(16-19-10-8-18(15-24)9-11-19)17-21(28)26-22(23-25-12-14-29-23)20-6-4-3-5-7-20/h3-12,14,22H,2,13,16-17H2,1H3,(H,26,28). The van der Waals surface area contributed by atoms with E-state index >= 15 is 0 Å². The van der Waals surface area contributed by atoms with Gasteiger partial charge in [-0.3, -0.25) is 9.69 Å². The van der Waals surface area contributed by atoms with Gasteiger partial charge in [-0.1, -0.05) is 49.4 Å². The highest BCUT2D eigenvalue weighted by Crippen LogP contribution is 2.23. The van der Waals surface area contributed by atoms with Gasteiger partial charge in [-0.15, -0.1) is 11.3 Å². The lowest BCUT2D eigenvalue weighted by atomic mass is 10.1. The van der Waals surface area contributed by atoms with Crippen LogP contribution in [0.3, 0.4) is 0 Å². The van der Waals surface area contributed by atoms with Crippen LogP contribution in [0.5, 0.6) is 0 Å². The molecular weight excluding hydrogens is 380 g/mol. The molecule has 2 aromatic carbocycles. The molecule has 0 radical (unpaired) electrons. The van der Waals surface area contributed by atoms with Crippen LogP contribution in [0, 0.1) is 11.3 Å². The Hall–Kier alpha value is -3.01. The van der Waals surface area contributed by atoms with E-state index in [1.165, 1.54) is 11.3 Å². The summed E-state index contributed by atoms with van der Waals surface area (Å²) in [6.45, 7) is 3.90. The lowest BCUT2D eigenvalue weighted by Gasteiger charge is -2.23. The molecule has 0 saturated heterocycles. The van der Waals surface area contributed by atoms with E-state index in [1.807, 2.05) is 60.0 Å². The number of carbonyl (C=O) groups is 1. The summed E-state index contributed by atoms with van der Waals surface area (Å²) in [5, 5.41) is 14.9. The van der Waals surface area contributed by atoms with Gasteiger partial charge in [-0.05, 0) is 36.2 Å². The maximum atomic E-state index is 12.9. The molecule has 0 aliphatic heterocycles. The molecule has 5 nitrogen and oxygen atoms in total. The zero-order valence-corrected chi connectivity index (χ0v) is 17.2. The Balaban J connectivity index is 1.68. The minimum atomic E-state index is -0.248. The molecule has 0 fully saturated rings. The molecule has 1 heterocycles. The van der Waals surface area contributed by atoms with Crippen LogP contribution < -0.4 is 5.32 Å². The van der Waals surface area contributed by atoms with Crippen LogP contribution in [-0.2, 0) is 11.3 Å². The molecule has 6 heteroatoms. The lowest BCUT2D eigenvalue weighted by Crippen LogP contribution is -2.39. The van der Waals surface area contributed by atoms with Crippen molar-refractivity contribution in [2.24, 2.45) is 0 Å². The van der Waals surface area contributed by atoms with E-state index in [0.717, 1.165) is 29.1 Å². The summed E-state index contributed by atoms with van der Waals surface area (Å²) in [6.07, 6.45) is 2.72. The van der Waals surface area contributed by atoms with Crippen LogP contribution >= 0.6 is 11.3 Å². The van der Waals surface area contributed by atoms with Crippen molar-refractivity contribution in [2.75, 3.05) is 13.1 Å². The van der Waals surface area contributed by atoms with Gasteiger partial charge in [0.1, 0.15) is 11.0 Å². The molecule has 0 bridgehead atoms. The fourth-order valence-electron chi connectivity index (χ4n) is 3.19. The predicted molar refractivity (Wildman–Crippen MR) is 115 cm³/mol. The number of aromatic nitrogens is 1. The topological polar surface area (TPSA) is 69.0 Å². The summed E-state index contributed by atoms with van der Waals surface area (Å²) < 4.78 is 0. The van der Waals surface area contributed by atoms with E-state index < -0.39 is 0 Å². The Morgan fingerprint density at radius 3 is 2.59 bits per heavy atom. The molecule has 1 amide bonds. The second kappa shape index (κ2) is 10.5. The van der Waals surface area contributed by atoms with Crippen LogP contribution in [0.2, 0.25) is 0 Å². The van der Waals surface area contributed by atoms with Gasteiger partial charge in [0.05, 0.1) is 18.2 Å². The number of amides is 1. The fourth-order valence-corrected chi connectivity index (χ4v) is 3.91. The first-order valence-corrected chi connectivity index (χ1v) is 10.5. The highest BCUT2D eigenvalue weighted by molar-refractivity contribution is 7.09. The number of carbonyl (C=O) groups excluding carboxylic acids is 1. The SMILES string of the molecule is CCCN(CC(=O)NC(c1ccccc1)c1nccs1)Cc1ccc(C#N)cc1. The first-order chi connectivity index (χ1) is 14.2. The minimum absolute atomic E-state index is 0.0313. The molecule has 0 aliphatic rings. The Bertz CT molecular complexity index is 933. The summed E-state index contributed by atoms with van der Waals surface area (Å²) in [7, 11) is 0. The first-order valence-electron chi connectivity index (χ1n) is 9.64. The summed E-state index contributed by atoms with van der Waals surface area (Å²) in [5.41, 5.74) is 2.75. The predicted octanol–water partition coefficient (Wildman–Crippen LogP) is 4.13. The second-order valence-electron chi connectivity index (χ2n) is 6.80. The molecule has 1 unspecified atom stereocenters. The number of hydrogen-bond donors (Lipinski definition) is 1. The Morgan fingerprint density at radius 1 is 1.21 bits per heavy atom. The van der Waals surface area contributed by atoms with Crippen molar-refractivity contribution >= 4 is 17.2 Å². The summed E-state index contributed by atoms with van der Waals surface area (Å²) >= 11 is 1.54. The monoisotopic (exact) mass is 404 g/mol. The third-order valence-electron chi connectivity index (χ3n) is 4.53. The van der Waals surface area contributed by atoms with Crippen molar-refractivity contribution in [2.45, 2.75) is 25.9 Å². The van der Waals surface area contributed by atoms with Crippen LogP contribution in [0.15, 0.2) is 66.2 Å². The van der Waals surface area contributed by atoms with Crippen LogP contribution in [0.25, 0.3) is 0 Å². The van der Waals surface area contributed by atoms with Crippen molar-refractivity contribution in [3.05, 3.63) is 87.9 Å². The van der Waals surface area contributed by atoms with Gasteiger partial charge >= 0.3 is 0 Å². The van der Waals surface area contributed by atoms with Crippen molar-refractivity contribution < 1.29 is 4.79 Å². The zero-order chi connectivity index (χ0) is 20.5. The van der Waals surface area contributed by atoms with Gasteiger partial charge in [0.15, 0.2) is 0 Å². The molecular formula is C23H24N4OS. The molecule has 29 heavy (non-hydrogen) atoms. The van der Waals surface area contributed by atoms with Gasteiger partial charge in [0, 0.05) is 18.1 Å². The maximum absolute atomic E-state index is 12.9. The lowest BCUT2D eigenvalue weighted by molar-refractivity contribution is -0.122. The smallest absolute Gasteiger partial charge is 0.235 e. The molecule has 0 saturated carbocycles. The van der Waals surface area contributed by atoms with Gasteiger partial charge in [0.2, 0.25) is 5.91 Å². The van der Waals surface area contributed by atoms with Crippen molar-refractivity contribution in [1.82, 2.24) is 15.2 Å². The van der Waals surface area contributed by atoms with Crippen molar-refractivity contribution in [1.29, 1.82) is 5.26 Å². The van der Waals surface area contributed by atoms with Gasteiger partial charge < -0.3 is 5.32 Å². The number of nitrogens with one attached hydrogen (secondary N) is 1. The average Bonchev–Trinajstić information content (AvgIpc) is 3.28. The van der Waals surface area contributed by atoms with Crippen LogP contribution in [0.1, 0.15) is 41.1 Å². The number of nitriles is 1. The van der Waals surface area contributed by atoms with E-state index in [9.17, 15) is 4.79 Å². The molecule has 148 valence electrons. The van der Waals surface area contributed by atoms with E-state index in [2.05, 4.69) is 28.2 Å². The Kier molecular flexibility index (Phi) is 7.51. The average molecular weight is 405 g/mol.